The Bertz CT molecular complexity index is 299. The molecule has 0 aliphatic rings. The number of hydrogen-bond donors (Lipinski definition) is 1. The van der Waals surface area contributed by atoms with E-state index in [4.69, 9.17) is 14.6 Å². The molecule has 0 unspecified atom stereocenters. The molecule has 0 fully saturated rings. The van der Waals surface area contributed by atoms with E-state index in [1.54, 1.807) is 0 Å². The standard InChI is InChI=1S/C26H52O3/c1-3-5-7-9-16-20-24-28-26(29-25-21-17-10-8-6-4-2)22-18-14-12-11-13-15-19-23-27/h13,15,26-27H,3-12,14,16-25H2,1-2H3/b15-13+. The predicted molar refractivity (Wildman–Crippen MR) is 126 cm³/mol. The Morgan fingerprint density at radius 1 is 0.586 bits per heavy atom. The van der Waals surface area contributed by atoms with Crippen LogP contribution in [-0.4, -0.2) is 31.2 Å². The van der Waals surface area contributed by atoms with E-state index in [1.807, 2.05) is 0 Å². The van der Waals surface area contributed by atoms with E-state index >= 15 is 0 Å². The lowest BCUT2D eigenvalue weighted by molar-refractivity contribution is -0.148. The Labute approximate surface area is 182 Å². The molecule has 0 saturated carbocycles. The third-order valence-electron chi connectivity index (χ3n) is 5.38. The van der Waals surface area contributed by atoms with Gasteiger partial charge in [-0.05, 0) is 44.9 Å². The van der Waals surface area contributed by atoms with E-state index in [1.165, 1.54) is 83.5 Å². The summed E-state index contributed by atoms with van der Waals surface area (Å²) in [5.41, 5.74) is 0. The second-order valence-corrected chi connectivity index (χ2v) is 8.33. The molecular weight excluding hydrogens is 360 g/mol. The molecule has 0 rings (SSSR count). The zero-order valence-electron chi connectivity index (χ0n) is 19.8. The summed E-state index contributed by atoms with van der Waals surface area (Å²) in [4.78, 5) is 0. The zero-order chi connectivity index (χ0) is 21.3. The van der Waals surface area contributed by atoms with Crippen LogP contribution in [0.1, 0.15) is 129 Å². The molecular formula is C26H52O3. The maximum absolute atomic E-state index is 8.77. The van der Waals surface area contributed by atoms with Gasteiger partial charge < -0.3 is 14.6 Å². The van der Waals surface area contributed by atoms with Crippen LogP contribution in [0.25, 0.3) is 0 Å². The SMILES string of the molecule is CCCCCCCCOC(CCCCC/C=C/CCO)OCCCCCCCC. The van der Waals surface area contributed by atoms with Crippen LogP contribution in [0.3, 0.4) is 0 Å². The summed E-state index contributed by atoms with van der Waals surface area (Å²) in [6, 6.07) is 0. The first-order chi connectivity index (χ1) is 14.3. The summed E-state index contributed by atoms with van der Waals surface area (Å²) in [6.07, 6.45) is 26.4. The van der Waals surface area contributed by atoms with Crippen LogP contribution >= 0.6 is 0 Å². The molecule has 0 saturated heterocycles. The molecule has 174 valence electrons. The van der Waals surface area contributed by atoms with Crippen molar-refractivity contribution in [2.75, 3.05) is 19.8 Å². The molecule has 1 N–H and O–H groups in total. The summed E-state index contributed by atoms with van der Waals surface area (Å²) >= 11 is 0. The van der Waals surface area contributed by atoms with Crippen molar-refractivity contribution >= 4 is 0 Å². The smallest absolute Gasteiger partial charge is 0.157 e. The molecule has 0 aliphatic heterocycles. The van der Waals surface area contributed by atoms with Crippen molar-refractivity contribution < 1.29 is 14.6 Å². The number of aliphatic hydroxyl groups is 1. The minimum atomic E-state index is -0.00813. The van der Waals surface area contributed by atoms with Crippen LogP contribution in [0, 0.1) is 0 Å². The minimum Gasteiger partial charge on any atom is -0.396 e. The van der Waals surface area contributed by atoms with Crippen molar-refractivity contribution in [3.8, 4) is 0 Å². The number of rotatable bonds is 24. The van der Waals surface area contributed by atoms with E-state index in [0.29, 0.717) is 0 Å². The fraction of sp³-hybridized carbons (Fsp3) is 0.923. The van der Waals surface area contributed by atoms with Gasteiger partial charge in [-0.3, -0.25) is 0 Å². The molecule has 0 aromatic rings. The number of unbranched alkanes of at least 4 members (excludes halogenated alkanes) is 13. The van der Waals surface area contributed by atoms with Gasteiger partial charge in [0, 0.05) is 19.8 Å². The monoisotopic (exact) mass is 412 g/mol. The van der Waals surface area contributed by atoms with Crippen LogP contribution in [0.4, 0.5) is 0 Å². The Kier molecular flexibility index (Phi) is 25.3. The topological polar surface area (TPSA) is 38.7 Å². The molecule has 0 atom stereocenters. The van der Waals surface area contributed by atoms with Crippen molar-refractivity contribution in [1.29, 1.82) is 0 Å². The van der Waals surface area contributed by atoms with Gasteiger partial charge in [0.2, 0.25) is 0 Å². The van der Waals surface area contributed by atoms with Crippen LogP contribution in [-0.2, 0) is 9.47 Å². The van der Waals surface area contributed by atoms with Gasteiger partial charge in [-0.15, -0.1) is 0 Å². The maximum Gasteiger partial charge on any atom is 0.157 e. The van der Waals surface area contributed by atoms with Crippen LogP contribution in [0.5, 0.6) is 0 Å². The van der Waals surface area contributed by atoms with Gasteiger partial charge in [-0.2, -0.15) is 0 Å². The Balaban J connectivity index is 3.86. The van der Waals surface area contributed by atoms with Gasteiger partial charge in [0.1, 0.15) is 0 Å². The average molecular weight is 413 g/mol. The highest BCUT2D eigenvalue weighted by Crippen LogP contribution is 2.13. The number of aliphatic hydroxyl groups excluding tert-OH is 1. The van der Waals surface area contributed by atoms with E-state index in [-0.39, 0.29) is 12.9 Å². The van der Waals surface area contributed by atoms with Crippen molar-refractivity contribution in [1.82, 2.24) is 0 Å². The molecule has 0 amide bonds. The van der Waals surface area contributed by atoms with Crippen LogP contribution < -0.4 is 0 Å². The molecule has 0 bridgehead atoms. The zero-order valence-corrected chi connectivity index (χ0v) is 19.8. The summed E-state index contributed by atoms with van der Waals surface area (Å²) in [5, 5.41) is 8.77. The number of hydrogen-bond acceptors (Lipinski definition) is 3. The third-order valence-corrected chi connectivity index (χ3v) is 5.38. The maximum atomic E-state index is 8.77. The lowest BCUT2D eigenvalue weighted by Crippen LogP contribution is -2.19. The number of ether oxygens (including phenoxy) is 2. The summed E-state index contributed by atoms with van der Waals surface area (Å²) in [7, 11) is 0. The first-order valence-electron chi connectivity index (χ1n) is 12.8. The fourth-order valence-corrected chi connectivity index (χ4v) is 3.47. The predicted octanol–water partition coefficient (Wildman–Crippen LogP) is 7.96. The molecule has 0 spiro atoms. The van der Waals surface area contributed by atoms with Crippen LogP contribution in [0.15, 0.2) is 12.2 Å². The Morgan fingerprint density at radius 3 is 1.62 bits per heavy atom. The van der Waals surface area contributed by atoms with Gasteiger partial charge in [-0.1, -0.05) is 96.6 Å². The Hall–Kier alpha value is -0.380. The second-order valence-electron chi connectivity index (χ2n) is 8.33. The van der Waals surface area contributed by atoms with Crippen molar-refractivity contribution in [3.05, 3.63) is 12.2 Å². The highest BCUT2D eigenvalue weighted by Gasteiger charge is 2.09. The highest BCUT2D eigenvalue weighted by molar-refractivity contribution is 4.80. The minimum absolute atomic E-state index is 0.00813. The summed E-state index contributed by atoms with van der Waals surface area (Å²) in [5.74, 6) is 0. The number of allylic oxidation sites excluding steroid dienone is 1. The van der Waals surface area contributed by atoms with Crippen molar-refractivity contribution in [2.24, 2.45) is 0 Å². The summed E-state index contributed by atoms with van der Waals surface area (Å²) in [6.45, 7) is 6.47. The lowest BCUT2D eigenvalue weighted by atomic mass is 10.1. The second kappa shape index (κ2) is 25.7. The summed E-state index contributed by atoms with van der Waals surface area (Å²) < 4.78 is 12.2. The first kappa shape index (κ1) is 28.6. The van der Waals surface area contributed by atoms with Gasteiger partial charge in [0.05, 0.1) is 0 Å². The van der Waals surface area contributed by atoms with Crippen LogP contribution in [0.2, 0.25) is 0 Å². The third kappa shape index (κ3) is 23.8. The average Bonchev–Trinajstić information content (AvgIpc) is 2.73. The Morgan fingerprint density at radius 2 is 1.07 bits per heavy atom. The molecule has 0 aromatic carbocycles. The van der Waals surface area contributed by atoms with Crippen molar-refractivity contribution in [2.45, 2.75) is 136 Å². The molecule has 0 radical (unpaired) electrons. The molecule has 0 heterocycles. The normalized spacial score (nSPS) is 11.9. The van der Waals surface area contributed by atoms with Gasteiger partial charge in [-0.25, -0.2) is 0 Å². The molecule has 0 aromatic heterocycles. The van der Waals surface area contributed by atoms with E-state index in [0.717, 1.165) is 45.3 Å². The molecule has 3 nitrogen and oxygen atoms in total. The quantitative estimate of drug-likeness (QED) is 0.0992. The molecule has 29 heavy (non-hydrogen) atoms. The van der Waals surface area contributed by atoms with E-state index < -0.39 is 0 Å². The highest BCUT2D eigenvalue weighted by atomic mass is 16.7. The fourth-order valence-electron chi connectivity index (χ4n) is 3.47. The van der Waals surface area contributed by atoms with E-state index in [9.17, 15) is 0 Å². The first-order valence-corrected chi connectivity index (χ1v) is 12.8. The molecule has 3 heteroatoms. The van der Waals surface area contributed by atoms with Gasteiger partial charge in [0.25, 0.3) is 0 Å². The molecule has 0 aliphatic carbocycles. The largest absolute Gasteiger partial charge is 0.396 e. The van der Waals surface area contributed by atoms with Gasteiger partial charge >= 0.3 is 0 Å². The van der Waals surface area contributed by atoms with E-state index in [2.05, 4.69) is 26.0 Å². The van der Waals surface area contributed by atoms with Crippen molar-refractivity contribution in [3.63, 3.8) is 0 Å². The van der Waals surface area contributed by atoms with Gasteiger partial charge in [0.15, 0.2) is 6.29 Å². The lowest BCUT2D eigenvalue weighted by Gasteiger charge is -2.19.